The third-order valence-electron chi connectivity index (χ3n) is 5.19. The highest BCUT2D eigenvalue weighted by molar-refractivity contribution is 6.30. The Morgan fingerprint density at radius 3 is 2.47 bits per heavy atom. The number of halogens is 1. The maximum atomic E-state index is 13.0. The van der Waals surface area contributed by atoms with Crippen molar-refractivity contribution in [2.75, 3.05) is 10.6 Å². The van der Waals surface area contributed by atoms with Crippen molar-refractivity contribution >= 4 is 45.8 Å². The minimum absolute atomic E-state index is 0.0162. The molecule has 0 saturated heterocycles. The predicted octanol–water partition coefficient (Wildman–Crippen LogP) is 6.55. The van der Waals surface area contributed by atoms with Gasteiger partial charge in [-0.1, -0.05) is 41.0 Å². The van der Waals surface area contributed by atoms with Crippen molar-refractivity contribution in [3.05, 3.63) is 101 Å². The average Bonchev–Trinajstić information content (AvgIpc) is 3.46. The Morgan fingerprint density at radius 1 is 0.882 bits per heavy atom. The van der Waals surface area contributed by atoms with Crippen LogP contribution >= 0.6 is 11.6 Å². The topological polar surface area (TPSA) is 97.4 Å². The number of carbonyl (C=O) groups excluding carboxylic acids is 2. The number of nitrogens with zero attached hydrogens (tertiary/aromatic N) is 1. The van der Waals surface area contributed by atoms with E-state index in [1.165, 1.54) is 6.07 Å². The van der Waals surface area contributed by atoms with Gasteiger partial charge in [0.25, 0.3) is 11.8 Å². The van der Waals surface area contributed by atoms with E-state index in [0.29, 0.717) is 27.4 Å². The highest BCUT2D eigenvalue weighted by atomic mass is 35.5. The second kappa shape index (κ2) is 8.88. The molecule has 0 aliphatic rings. The van der Waals surface area contributed by atoms with Crippen LogP contribution in [0.5, 0.6) is 0 Å². The molecule has 5 rings (SSSR count). The van der Waals surface area contributed by atoms with Gasteiger partial charge in [0.05, 0.1) is 0 Å². The van der Waals surface area contributed by atoms with Crippen molar-refractivity contribution in [3.8, 4) is 11.3 Å². The largest absolute Gasteiger partial charge is 0.449 e. The van der Waals surface area contributed by atoms with E-state index in [-0.39, 0.29) is 17.1 Å². The highest BCUT2D eigenvalue weighted by Gasteiger charge is 2.24. The van der Waals surface area contributed by atoms with E-state index < -0.39 is 11.8 Å². The SMILES string of the molecule is Cc1cccc(NC(=O)c2oc3ccccc3c2NC(=O)c2cc(-c3ccc(Cl)cc3)on2)c1. The second-order valence-corrected chi connectivity index (χ2v) is 8.10. The number of para-hydroxylation sites is 1. The van der Waals surface area contributed by atoms with Crippen molar-refractivity contribution in [1.82, 2.24) is 5.16 Å². The number of fused-ring (bicyclic) bond motifs is 1. The van der Waals surface area contributed by atoms with Crippen LogP contribution in [0.1, 0.15) is 26.6 Å². The van der Waals surface area contributed by atoms with Crippen LogP contribution in [0.25, 0.3) is 22.3 Å². The van der Waals surface area contributed by atoms with Crippen LogP contribution in [0.15, 0.2) is 87.8 Å². The zero-order chi connectivity index (χ0) is 23.7. The Balaban J connectivity index is 1.44. The summed E-state index contributed by atoms with van der Waals surface area (Å²) in [5, 5.41) is 10.6. The molecule has 0 spiro atoms. The number of amides is 2. The van der Waals surface area contributed by atoms with E-state index in [9.17, 15) is 9.59 Å². The standard InChI is InChI=1S/C26H18ClN3O4/c1-15-5-4-6-18(13-15)28-26(32)24-23(19-7-2-3-8-21(19)33-24)29-25(31)20-14-22(34-30-20)16-9-11-17(27)12-10-16/h2-14H,1H3,(H,28,32)(H,29,31). The van der Waals surface area contributed by atoms with Crippen molar-refractivity contribution in [3.63, 3.8) is 0 Å². The van der Waals surface area contributed by atoms with Gasteiger partial charge in [0.15, 0.2) is 11.5 Å². The van der Waals surface area contributed by atoms with E-state index in [1.807, 2.05) is 25.1 Å². The molecule has 0 bridgehead atoms. The van der Waals surface area contributed by atoms with Gasteiger partial charge in [0.1, 0.15) is 11.3 Å². The Kier molecular flexibility index (Phi) is 5.61. The fourth-order valence-electron chi connectivity index (χ4n) is 3.55. The quantitative estimate of drug-likeness (QED) is 0.302. The second-order valence-electron chi connectivity index (χ2n) is 7.66. The van der Waals surface area contributed by atoms with E-state index >= 15 is 0 Å². The fourth-order valence-corrected chi connectivity index (χ4v) is 3.68. The van der Waals surface area contributed by atoms with Crippen molar-refractivity contribution in [2.24, 2.45) is 0 Å². The van der Waals surface area contributed by atoms with Gasteiger partial charge in [0.2, 0.25) is 5.76 Å². The minimum Gasteiger partial charge on any atom is -0.449 e. The lowest BCUT2D eigenvalue weighted by molar-refractivity contribution is 0.0999. The van der Waals surface area contributed by atoms with E-state index in [0.717, 1.165) is 11.1 Å². The van der Waals surface area contributed by atoms with E-state index in [4.69, 9.17) is 20.5 Å². The number of hydrogen-bond donors (Lipinski definition) is 2. The maximum Gasteiger partial charge on any atom is 0.293 e. The summed E-state index contributed by atoms with van der Waals surface area (Å²) >= 11 is 5.93. The fraction of sp³-hybridized carbons (Fsp3) is 0.0385. The number of aryl methyl sites for hydroxylation is 1. The molecule has 168 valence electrons. The first-order valence-electron chi connectivity index (χ1n) is 10.4. The molecule has 2 aromatic heterocycles. The third kappa shape index (κ3) is 4.29. The third-order valence-corrected chi connectivity index (χ3v) is 5.44. The lowest BCUT2D eigenvalue weighted by atomic mass is 10.1. The van der Waals surface area contributed by atoms with Gasteiger partial charge in [-0.2, -0.15) is 0 Å². The van der Waals surface area contributed by atoms with Crippen LogP contribution < -0.4 is 10.6 Å². The molecule has 2 heterocycles. The van der Waals surface area contributed by atoms with Crippen LogP contribution in [-0.2, 0) is 0 Å². The molecule has 8 heteroatoms. The van der Waals surface area contributed by atoms with Crippen molar-refractivity contribution in [1.29, 1.82) is 0 Å². The van der Waals surface area contributed by atoms with Crippen LogP contribution in [0.3, 0.4) is 0 Å². The zero-order valence-electron chi connectivity index (χ0n) is 18.0. The van der Waals surface area contributed by atoms with Gasteiger partial charge >= 0.3 is 0 Å². The summed E-state index contributed by atoms with van der Waals surface area (Å²) in [6, 6.07) is 23.0. The van der Waals surface area contributed by atoms with Gasteiger partial charge in [-0.25, -0.2) is 0 Å². The summed E-state index contributed by atoms with van der Waals surface area (Å²) in [6.07, 6.45) is 0. The van der Waals surface area contributed by atoms with Gasteiger partial charge < -0.3 is 19.6 Å². The molecule has 0 unspecified atom stereocenters. The van der Waals surface area contributed by atoms with E-state index in [2.05, 4.69) is 15.8 Å². The summed E-state index contributed by atoms with van der Waals surface area (Å²) in [5.74, 6) is -0.631. The number of anilines is 2. The number of carbonyl (C=O) groups is 2. The molecule has 0 aliphatic heterocycles. The Morgan fingerprint density at radius 2 is 1.68 bits per heavy atom. The minimum atomic E-state index is -0.542. The van der Waals surface area contributed by atoms with Crippen LogP contribution in [0.4, 0.5) is 11.4 Å². The maximum absolute atomic E-state index is 13.0. The summed E-state index contributed by atoms with van der Waals surface area (Å²) in [4.78, 5) is 26.1. The van der Waals surface area contributed by atoms with Gasteiger partial charge in [-0.05, 0) is 61.0 Å². The molecule has 0 aliphatic carbocycles. The monoisotopic (exact) mass is 471 g/mol. The summed E-state index contributed by atoms with van der Waals surface area (Å²) in [5.41, 5.74) is 3.12. The number of nitrogens with one attached hydrogen (secondary N) is 2. The van der Waals surface area contributed by atoms with Crippen LogP contribution in [0.2, 0.25) is 5.02 Å². The van der Waals surface area contributed by atoms with Crippen LogP contribution in [-0.4, -0.2) is 17.0 Å². The van der Waals surface area contributed by atoms with E-state index in [1.54, 1.807) is 54.6 Å². The normalized spacial score (nSPS) is 10.9. The molecule has 2 N–H and O–H groups in total. The first-order chi connectivity index (χ1) is 16.5. The Bertz CT molecular complexity index is 1520. The first kappa shape index (κ1) is 21.5. The molecule has 7 nitrogen and oxygen atoms in total. The lowest BCUT2D eigenvalue weighted by Gasteiger charge is -2.07. The Labute approximate surface area is 199 Å². The molecule has 2 amide bonds. The summed E-state index contributed by atoms with van der Waals surface area (Å²) < 4.78 is 11.1. The molecule has 34 heavy (non-hydrogen) atoms. The van der Waals surface area contributed by atoms with Gasteiger partial charge in [0, 0.05) is 27.7 Å². The zero-order valence-corrected chi connectivity index (χ0v) is 18.7. The smallest absolute Gasteiger partial charge is 0.293 e. The number of rotatable bonds is 5. The van der Waals surface area contributed by atoms with Gasteiger partial charge in [-0.15, -0.1) is 0 Å². The number of hydrogen-bond acceptors (Lipinski definition) is 5. The highest BCUT2D eigenvalue weighted by Crippen LogP contribution is 2.32. The summed E-state index contributed by atoms with van der Waals surface area (Å²) in [6.45, 7) is 1.93. The molecule has 0 radical (unpaired) electrons. The van der Waals surface area contributed by atoms with Crippen molar-refractivity contribution < 1.29 is 18.5 Å². The van der Waals surface area contributed by atoms with Crippen LogP contribution in [0, 0.1) is 6.92 Å². The molecule has 3 aromatic carbocycles. The number of furan rings is 1. The molecule has 0 saturated carbocycles. The molecule has 0 fully saturated rings. The number of aromatic nitrogens is 1. The molecule has 5 aromatic rings. The van der Waals surface area contributed by atoms with Crippen molar-refractivity contribution in [2.45, 2.75) is 6.92 Å². The Hall–Kier alpha value is -4.36. The lowest BCUT2D eigenvalue weighted by Crippen LogP contribution is -2.17. The molecular formula is C26H18ClN3O4. The summed E-state index contributed by atoms with van der Waals surface area (Å²) in [7, 11) is 0. The average molecular weight is 472 g/mol. The predicted molar refractivity (Wildman–Crippen MR) is 130 cm³/mol. The molecular weight excluding hydrogens is 454 g/mol. The first-order valence-corrected chi connectivity index (χ1v) is 10.8. The van der Waals surface area contributed by atoms with Gasteiger partial charge in [-0.3, -0.25) is 9.59 Å². The number of benzene rings is 3. The molecule has 0 atom stereocenters.